The van der Waals surface area contributed by atoms with Crippen LogP contribution in [0.4, 0.5) is 5.69 Å². The van der Waals surface area contributed by atoms with Gasteiger partial charge in [-0.05, 0) is 37.3 Å². The number of anilines is 1. The lowest BCUT2D eigenvalue weighted by Gasteiger charge is -2.36. The van der Waals surface area contributed by atoms with Crippen LogP contribution >= 0.6 is 11.6 Å². The first-order valence-electron chi connectivity index (χ1n) is 9.56. The number of carbonyl (C=O) groups excluding carboxylic acids is 1. The summed E-state index contributed by atoms with van der Waals surface area (Å²) in [4.78, 5) is 29.2. The molecule has 3 aromatic rings. The van der Waals surface area contributed by atoms with Crippen molar-refractivity contribution in [3.8, 4) is 5.75 Å². The predicted octanol–water partition coefficient (Wildman–Crippen LogP) is 3.81. The lowest BCUT2D eigenvalue weighted by molar-refractivity contribution is 0.0715. The molecule has 0 atom stereocenters. The summed E-state index contributed by atoms with van der Waals surface area (Å²) in [5, 5.41) is 0.818. The molecular weight excluding hydrogens is 392 g/mol. The Morgan fingerprint density at radius 1 is 1.10 bits per heavy atom. The van der Waals surface area contributed by atoms with Gasteiger partial charge in [-0.25, -0.2) is 0 Å². The minimum Gasteiger partial charge on any atom is -0.492 e. The van der Waals surface area contributed by atoms with Gasteiger partial charge in [-0.3, -0.25) is 9.59 Å². The van der Waals surface area contributed by atoms with E-state index >= 15 is 0 Å². The van der Waals surface area contributed by atoms with Gasteiger partial charge in [0.25, 0.3) is 5.91 Å². The van der Waals surface area contributed by atoms with Crippen LogP contribution in [0.5, 0.6) is 5.75 Å². The van der Waals surface area contributed by atoms with Crippen molar-refractivity contribution in [1.82, 2.24) is 4.90 Å². The molecule has 0 bridgehead atoms. The standard InChI is InChI=1S/C22H21ClN2O4/c1-2-28-20-6-4-3-5-17(20)24-9-11-25(12-10-24)22(27)21-14-18(26)16-13-15(23)7-8-19(16)29-21/h3-8,13-14H,2,9-12H2,1H3. The molecule has 7 heteroatoms. The second-order valence-corrected chi connectivity index (χ2v) is 7.23. The monoisotopic (exact) mass is 412 g/mol. The first-order chi connectivity index (χ1) is 14.1. The lowest BCUT2D eigenvalue weighted by atomic mass is 10.2. The zero-order valence-electron chi connectivity index (χ0n) is 16.1. The summed E-state index contributed by atoms with van der Waals surface area (Å²) in [5.74, 6) is 0.610. The summed E-state index contributed by atoms with van der Waals surface area (Å²) in [6.45, 7) is 4.95. The van der Waals surface area contributed by atoms with Gasteiger partial charge in [-0.1, -0.05) is 23.7 Å². The summed E-state index contributed by atoms with van der Waals surface area (Å²) < 4.78 is 11.4. The number of ether oxygens (including phenoxy) is 1. The molecule has 1 fully saturated rings. The minimum absolute atomic E-state index is 0.0491. The van der Waals surface area contributed by atoms with Gasteiger partial charge in [0.15, 0.2) is 11.2 Å². The Hall–Kier alpha value is -2.99. The van der Waals surface area contributed by atoms with Crippen LogP contribution in [0.25, 0.3) is 11.0 Å². The Morgan fingerprint density at radius 3 is 2.62 bits per heavy atom. The Balaban J connectivity index is 1.50. The van der Waals surface area contributed by atoms with Crippen LogP contribution in [0.3, 0.4) is 0 Å². The quantitative estimate of drug-likeness (QED) is 0.652. The number of fused-ring (bicyclic) bond motifs is 1. The van der Waals surface area contributed by atoms with Crippen molar-refractivity contribution in [2.24, 2.45) is 0 Å². The molecule has 2 aromatic carbocycles. The minimum atomic E-state index is -0.281. The SMILES string of the molecule is CCOc1ccccc1N1CCN(C(=O)c2cc(=O)c3cc(Cl)ccc3o2)CC1. The number of hydrogen-bond acceptors (Lipinski definition) is 5. The predicted molar refractivity (Wildman–Crippen MR) is 113 cm³/mol. The molecule has 2 heterocycles. The lowest BCUT2D eigenvalue weighted by Crippen LogP contribution is -2.49. The highest BCUT2D eigenvalue weighted by atomic mass is 35.5. The van der Waals surface area contributed by atoms with Crippen LogP contribution in [-0.4, -0.2) is 43.6 Å². The molecule has 29 heavy (non-hydrogen) atoms. The van der Waals surface area contributed by atoms with Gasteiger partial charge < -0.3 is 19.0 Å². The fraction of sp³-hybridized carbons (Fsp3) is 0.273. The molecular formula is C22H21ClN2O4. The first-order valence-corrected chi connectivity index (χ1v) is 9.94. The second-order valence-electron chi connectivity index (χ2n) is 6.80. The molecule has 4 rings (SSSR count). The molecule has 0 aliphatic carbocycles. The zero-order chi connectivity index (χ0) is 20.4. The number of amides is 1. The maximum atomic E-state index is 12.9. The zero-order valence-corrected chi connectivity index (χ0v) is 16.8. The Labute approximate surface area is 173 Å². The average molecular weight is 413 g/mol. The van der Waals surface area contributed by atoms with Gasteiger partial charge >= 0.3 is 0 Å². The molecule has 0 saturated carbocycles. The van der Waals surface area contributed by atoms with Crippen molar-refractivity contribution in [1.29, 1.82) is 0 Å². The molecule has 1 aliphatic rings. The average Bonchev–Trinajstić information content (AvgIpc) is 2.74. The van der Waals surface area contributed by atoms with E-state index in [0.717, 1.165) is 11.4 Å². The van der Waals surface area contributed by atoms with Crippen molar-refractivity contribution >= 4 is 34.2 Å². The first kappa shape index (κ1) is 19.3. The third-order valence-electron chi connectivity index (χ3n) is 4.97. The van der Waals surface area contributed by atoms with Crippen LogP contribution in [0.15, 0.2) is 57.7 Å². The van der Waals surface area contributed by atoms with Gasteiger partial charge in [0.2, 0.25) is 0 Å². The fourth-order valence-electron chi connectivity index (χ4n) is 3.54. The Kier molecular flexibility index (Phi) is 5.45. The van der Waals surface area contributed by atoms with Crippen molar-refractivity contribution < 1.29 is 13.9 Å². The van der Waals surface area contributed by atoms with Crippen LogP contribution in [0.2, 0.25) is 5.02 Å². The molecule has 1 amide bonds. The number of rotatable bonds is 4. The van der Waals surface area contributed by atoms with E-state index in [1.54, 1.807) is 23.1 Å². The van der Waals surface area contributed by atoms with Crippen LogP contribution in [-0.2, 0) is 0 Å². The van der Waals surface area contributed by atoms with Crippen molar-refractivity contribution in [3.05, 3.63) is 69.5 Å². The van der Waals surface area contributed by atoms with Gasteiger partial charge in [-0.2, -0.15) is 0 Å². The number of carbonyl (C=O) groups is 1. The summed E-state index contributed by atoms with van der Waals surface area (Å²) in [7, 11) is 0. The van der Waals surface area contributed by atoms with Crippen molar-refractivity contribution in [3.63, 3.8) is 0 Å². The van der Waals surface area contributed by atoms with E-state index < -0.39 is 0 Å². The number of nitrogens with zero attached hydrogens (tertiary/aromatic N) is 2. The molecule has 6 nitrogen and oxygen atoms in total. The van der Waals surface area contributed by atoms with E-state index in [4.69, 9.17) is 20.8 Å². The number of benzene rings is 2. The van der Waals surface area contributed by atoms with E-state index in [9.17, 15) is 9.59 Å². The van der Waals surface area contributed by atoms with Gasteiger partial charge in [0.1, 0.15) is 11.3 Å². The number of para-hydroxylation sites is 2. The highest BCUT2D eigenvalue weighted by Crippen LogP contribution is 2.29. The van der Waals surface area contributed by atoms with Crippen LogP contribution < -0.4 is 15.1 Å². The highest BCUT2D eigenvalue weighted by molar-refractivity contribution is 6.31. The number of halogens is 1. The number of piperazine rings is 1. The fourth-order valence-corrected chi connectivity index (χ4v) is 3.71. The van der Waals surface area contributed by atoms with Gasteiger partial charge in [0, 0.05) is 37.3 Å². The molecule has 0 radical (unpaired) electrons. The summed E-state index contributed by atoms with van der Waals surface area (Å²) in [5.41, 5.74) is 1.10. The Morgan fingerprint density at radius 2 is 1.86 bits per heavy atom. The highest BCUT2D eigenvalue weighted by Gasteiger charge is 2.25. The molecule has 1 aromatic heterocycles. The molecule has 0 N–H and O–H groups in total. The number of hydrogen-bond donors (Lipinski definition) is 0. The summed E-state index contributed by atoms with van der Waals surface area (Å²) in [6, 6.07) is 13.9. The van der Waals surface area contributed by atoms with E-state index in [2.05, 4.69) is 4.90 Å². The third kappa shape index (κ3) is 3.93. The largest absolute Gasteiger partial charge is 0.492 e. The van der Waals surface area contributed by atoms with Crippen LogP contribution in [0.1, 0.15) is 17.5 Å². The molecule has 150 valence electrons. The molecule has 0 unspecified atom stereocenters. The third-order valence-corrected chi connectivity index (χ3v) is 5.21. The van der Waals surface area contributed by atoms with Crippen LogP contribution in [0, 0.1) is 0 Å². The van der Waals surface area contributed by atoms with E-state index in [1.165, 1.54) is 6.07 Å². The van der Waals surface area contributed by atoms with Crippen molar-refractivity contribution in [2.75, 3.05) is 37.7 Å². The van der Waals surface area contributed by atoms with Gasteiger partial charge in [-0.15, -0.1) is 0 Å². The van der Waals surface area contributed by atoms with Gasteiger partial charge in [0.05, 0.1) is 17.7 Å². The van der Waals surface area contributed by atoms with E-state index in [0.29, 0.717) is 48.8 Å². The van der Waals surface area contributed by atoms with Crippen molar-refractivity contribution in [2.45, 2.75) is 6.92 Å². The molecule has 1 aliphatic heterocycles. The maximum Gasteiger partial charge on any atom is 0.289 e. The topological polar surface area (TPSA) is 63.0 Å². The normalized spacial score (nSPS) is 14.3. The molecule has 0 spiro atoms. The maximum absolute atomic E-state index is 12.9. The van der Waals surface area contributed by atoms with E-state index in [1.807, 2.05) is 31.2 Å². The van der Waals surface area contributed by atoms with E-state index in [-0.39, 0.29) is 17.1 Å². The summed E-state index contributed by atoms with van der Waals surface area (Å²) >= 11 is 5.94. The molecule has 1 saturated heterocycles. The second kappa shape index (κ2) is 8.17. The smallest absolute Gasteiger partial charge is 0.289 e. The summed E-state index contributed by atoms with van der Waals surface area (Å²) in [6.07, 6.45) is 0. The Bertz CT molecular complexity index is 1100.